The van der Waals surface area contributed by atoms with Gasteiger partial charge in [-0.2, -0.15) is 0 Å². The van der Waals surface area contributed by atoms with Crippen molar-refractivity contribution in [3.63, 3.8) is 0 Å². The minimum absolute atomic E-state index is 0.00586. The molecule has 0 radical (unpaired) electrons. The Labute approximate surface area is 159 Å². The second-order valence-electron chi connectivity index (χ2n) is 7.17. The van der Waals surface area contributed by atoms with Gasteiger partial charge in [-0.25, -0.2) is 21.9 Å². The van der Waals surface area contributed by atoms with Gasteiger partial charge in [-0.05, 0) is 61.8 Å². The van der Waals surface area contributed by atoms with Crippen LogP contribution in [0.3, 0.4) is 0 Å². The highest BCUT2D eigenvalue weighted by atomic mass is 32.2. The summed E-state index contributed by atoms with van der Waals surface area (Å²) in [6.07, 6.45) is 4.07. The predicted molar refractivity (Wildman–Crippen MR) is 98.0 cm³/mol. The Bertz CT molecular complexity index is 709. The second kappa shape index (κ2) is 10.1. The molecular formula is C19H27F2NO4S. The van der Waals surface area contributed by atoms with Crippen molar-refractivity contribution in [3.8, 4) is 0 Å². The van der Waals surface area contributed by atoms with Crippen molar-refractivity contribution >= 4 is 16.0 Å². The number of carboxylic acids is 1. The number of carbonyl (C=O) groups is 1. The molecule has 1 aromatic carbocycles. The van der Waals surface area contributed by atoms with Gasteiger partial charge in [0.05, 0.1) is 4.90 Å². The van der Waals surface area contributed by atoms with Crippen molar-refractivity contribution in [1.29, 1.82) is 0 Å². The molecule has 0 heterocycles. The maximum absolute atomic E-state index is 14.2. The summed E-state index contributed by atoms with van der Waals surface area (Å²) in [6.45, 7) is 0.170. The van der Waals surface area contributed by atoms with Crippen LogP contribution in [0.1, 0.15) is 51.4 Å². The lowest BCUT2D eigenvalue weighted by Gasteiger charge is -2.21. The number of halogens is 2. The minimum atomic E-state index is -3.74. The van der Waals surface area contributed by atoms with Crippen molar-refractivity contribution in [2.75, 3.05) is 6.54 Å². The number of hydrogen-bond acceptors (Lipinski definition) is 3. The number of alkyl halides is 1. The van der Waals surface area contributed by atoms with Crippen LogP contribution in [0.15, 0.2) is 29.2 Å². The molecule has 1 aliphatic rings. The standard InChI is InChI=1S/C19H27F2NO4S/c20-15-8-10-16(11-9-15)27(25,26)22-13-14-7-12-18(21)17(14)5-3-1-2-4-6-19(23)24/h8-11,14,17-18,22H,1-7,12-13H2,(H,23,24)/t14-,17-,18-/m1/s1. The molecule has 1 fully saturated rings. The number of unbranched alkanes of at least 4 members (excludes halogenated alkanes) is 3. The molecule has 1 aromatic rings. The van der Waals surface area contributed by atoms with E-state index < -0.39 is 28.0 Å². The molecule has 8 heteroatoms. The number of sulfonamides is 1. The quantitative estimate of drug-likeness (QED) is 0.549. The monoisotopic (exact) mass is 403 g/mol. The first-order chi connectivity index (χ1) is 12.8. The number of benzene rings is 1. The number of hydrogen-bond donors (Lipinski definition) is 2. The van der Waals surface area contributed by atoms with E-state index in [4.69, 9.17) is 5.11 Å². The zero-order chi connectivity index (χ0) is 19.9. The van der Waals surface area contributed by atoms with E-state index in [-0.39, 0.29) is 29.7 Å². The average molecular weight is 403 g/mol. The Kier molecular flexibility index (Phi) is 8.16. The van der Waals surface area contributed by atoms with E-state index in [1.807, 2.05) is 0 Å². The number of nitrogens with one attached hydrogen (secondary N) is 1. The average Bonchev–Trinajstić information content (AvgIpc) is 2.96. The molecule has 3 atom stereocenters. The summed E-state index contributed by atoms with van der Waals surface area (Å²) in [5.74, 6) is -1.55. The van der Waals surface area contributed by atoms with Crippen LogP contribution in [0.25, 0.3) is 0 Å². The molecule has 2 rings (SSSR count). The van der Waals surface area contributed by atoms with Crippen LogP contribution in [-0.4, -0.2) is 32.2 Å². The Hall–Kier alpha value is -1.54. The lowest BCUT2D eigenvalue weighted by atomic mass is 9.90. The van der Waals surface area contributed by atoms with Gasteiger partial charge in [-0.3, -0.25) is 4.79 Å². The summed E-state index contributed by atoms with van der Waals surface area (Å²) in [5, 5.41) is 8.61. The van der Waals surface area contributed by atoms with Crippen LogP contribution < -0.4 is 4.72 Å². The van der Waals surface area contributed by atoms with Crippen LogP contribution in [0.5, 0.6) is 0 Å². The van der Waals surface area contributed by atoms with Crippen LogP contribution >= 0.6 is 0 Å². The number of carboxylic acid groups (broad SMARTS) is 1. The summed E-state index contributed by atoms with van der Waals surface area (Å²) in [6, 6.07) is 4.60. The molecule has 0 amide bonds. The maximum atomic E-state index is 14.2. The Morgan fingerprint density at radius 1 is 1.11 bits per heavy atom. The Morgan fingerprint density at radius 2 is 1.78 bits per heavy atom. The van der Waals surface area contributed by atoms with Crippen LogP contribution in [0, 0.1) is 17.7 Å². The Balaban J connectivity index is 1.80. The molecule has 0 bridgehead atoms. The van der Waals surface area contributed by atoms with Gasteiger partial charge in [-0.1, -0.05) is 19.3 Å². The van der Waals surface area contributed by atoms with E-state index in [1.54, 1.807) is 0 Å². The minimum Gasteiger partial charge on any atom is -0.481 e. The number of aliphatic carboxylic acids is 1. The molecule has 0 saturated heterocycles. The maximum Gasteiger partial charge on any atom is 0.303 e. The summed E-state index contributed by atoms with van der Waals surface area (Å²) in [7, 11) is -3.74. The SMILES string of the molecule is O=C(O)CCCCCC[C@@H]1[C@@H](CNS(=O)(=O)c2ccc(F)cc2)CC[C@H]1F. The van der Waals surface area contributed by atoms with Gasteiger partial charge in [0.1, 0.15) is 12.0 Å². The zero-order valence-electron chi connectivity index (χ0n) is 15.2. The van der Waals surface area contributed by atoms with E-state index in [1.165, 1.54) is 12.1 Å². The van der Waals surface area contributed by atoms with Crippen LogP contribution in [0.2, 0.25) is 0 Å². The summed E-state index contributed by atoms with van der Waals surface area (Å²) in [5.41, 5.74) is 0. The third kappa shape index (κ3) is 6.84. The molecule has 0 aliphatic heterocycles. The third-order valence-electron chi connectivity index (χ3n) is 5.22. The molecule has 0 aromatic heterocycles. The second-order valence-corrected chi connectivity index (χ2v) is 8.94. The molecular weight excluding hydrogens is 376 g/mol. The van der Waals surface area contributed by atoms with Gasteiger partial charge in [0.15, 0.2) is 0 Å². The zero-order valence-corrected chi connectivity index (χ0v) is 16.1. The molecule has 2 N–H and O–H groups in total. The van der Waals surface area contributed by atoms with E-state index in [0.717, 1.165) is 31.4 Å². The fraction of sp³-hybridized carbons (Fsp3) is 0.632. The summed E-state index contributed by atoms with van der Waals surface area (Å²) < 4.78 is 54.3. The molecule has 1 saturated carbocycles. The lowest BCUT2D eigenvalue weighted by molar-refractivity contribution is -0.137. The highest BCUT2D eigenvalue weighted by molar-refractivity contribution is 7.89. The molecule has 0 spiro atoms. The first-order valence-corrected chi connectivity index (χ1v) is 10.9. The van der Waals surface area contributed by atoms with E-state index in [2.05, 4.69) is 4.72 Å². The van der Waals surface area contributed by atoms with Crippen molar-refractivity contribution in [1.82, 2.24) is 4.72 Å². The largest absolute Gasteiger partial charge is 0.481 e. The van der Waals surface area contributed by atoms with Gasteiger partial charge >= 0.3 is 5.97 Å². The molecule has 5 nitrogen and oxygen atoms in total. The van der Waals surface area contributed by atoms with Gasteiger partial charge in [0.2, 0.25) is 10.0 Å². The summed E-state index contributed by atoms with van der Waals surface area (Å²) in [4.78, 5) is 10.5. The lowest BCUT2D eigenvalue weighted by Crippen LogP contribution is -2.32. The van der Waals surface area contributed by atoms with Crippen LogP contribution in [-0.2, 0) is 14.8 Å². The van der Waals surface area contributed by atoms with E-state index in [9.17, 15) is 22.0 Å². The smallest absolute Gasteiger partial charge is 0.303 e. The normalized spacial score (nSPS) is 22.8. The highest BCUT2D eigenvalue weighted by Gasteiger charge is 2.36. The van der Waals surface area contributed by atoms with Crippen molar-refractivity contribution in [3.05, 3.63) is 30.1 Å². The van der Waals surface area contributed by atoms with Crippen molar-refractivity contribution in [2.24, 2.45) is 11.8 Å². The van der Waals surface area contributed by atoms with Crippen molar-refractivity contribution in [2.45, 2.75) is 62.4 Å². The van der Waals surface area contributed by atoms with Gasteiger partial charge in [-0.15, -0.1) is 0 Å². The highest BCUT2D eigenvalue weighted by Crippen LogP contribution is 2.37. The number of rotatable bonds is 11. The first kappa shape index (κ1) is 21.8. The molecule has 27 heavy (non-hydrogen) atoms. The van der Waals surface area contributed by atoms with Crippen molar-refractivity contribution < 1.29 is 27.1 Å². The van der Waals surface area contributed by atoms with Crippen LogP contribution in [0.4, 0.5) is 8.78 Å². The fourth-order valence-corrected chi connectivity index (χ4v) is 4.78. The van der Waals surface area contributed by atoms with E-state index in [0.29, 0.717) is 25.7 Å². The molecule has 152 valence electrons. The third-order valence-corrected chi connectivity index (χ3v) is 6.66. The van der Waals surface area contributed by atoms with E-state index >= 15 is 0 Å². The van der Waals surface area contributed by atoms with Gasteiger partial charge < -0.3 is 5.11 Å². The molecule has 1 aliphatic carbocycles. The fourth-order valence-electron chi connectivity index (χ4n) is 3.69. The van der Waals surface area contributed by atoms with Gasteiger partial charge in [0.25, 0.3) is 0 Å². The Morgan fingerprint density at radius 3 is 2.44 bits per heavy atom. The predicted octanol–water partition coefficient (Wildman–Crippen LogP) is 3.89. The first-order valence-electron chi connectivity index (χ1n) is 9.40. The molecule has 0 unspecified atom stereocenters. The van der Waals surface area contributed by atoms with Gasteiger partial charge in [0, 0.05) is 13.0 Å². The summed E-state index contributed by atoms with van der Waals surface area (Å²) >= 11 is 0. The topological polar surface area (TPSA) is 83.5 Å².